The van der Waals surface area contributed by atoms with Crippen molar-refractivity contribution in [2.45, 2.75) is 40.3 Å². The summed E-state index contributed by atoms with van der Waals surface area (Å²) in [4.78, 5) is 29.7. The highest BCUT2D eigenvalue weighted by atomic mass is 32.1. The summed E-state index contributed by atoms with van der Waals surface area (Å²) in [5, 5.41) is 6.48. The molecule has 2 amide bonds. The fourth-order valence-corrected chi connectivity index (χ4v) is 3.89. The molecule has 5 nitrogen and oxygen atoms in total. The Morgan fingerprint density at radius 2 is 1.62 bits per heavy atom. The Balaban J connectivity index is 1.54. The molecule has 0 saturated carbocycles. The molecule has 3 rings (SSSR count). The van der Waals surface area contributed by atoms with Crippen molar-refractivity contribution in [2.24, 2.45) is 0 Å². The fraction of sp³-hybridized carbons (Fsp3) is 0.261. The van der Waals surface area contributed by atoms with Crippen LogP contribution in [0.3, 0.4) is 0 Å². The van der Waals surface area contributed by atoms with Crippen molar-refractivity contribution in [3.63, 3.8) is 0 Å². The van der Waals surface area contributed by atoms with Gasteiger partial charge in [-0.25, -0.2) is 4.98 Å². The first kappa shape index (κ1) is 20.7. The van der Waals surface area contributed by atoms with E-state index in [2.05, 4.69) is 41.6 Å². The molecular formula is C23H25N3O2S. The highest BCUT2D eigenvalue weighted by Crippen LogP contribution is 2.19. The largest absolute Gasteiger partial charge is 0.352 e. The van der Waals surface area contributed by atoms with Gasteiger partial charge in [-0.2, -0.15) is 0 Å². The molecule has 0 radical (unpaired) electrons. The van der Waals surface area contributed by atoms with E-state index in [9.17, 15) is 9.59 Å². The third-order valence-electron chi connectivity index (χ3n) is 4.72. The van der Waals surface area contributed by atoms with Crippen LogP contribution in [0.25, 0.3) is 0 Å². The lowest BCUT2D eigenvalue weighted by Crippen LogP contribution is -2.24. The van der Waals surface area contributed by atoms with E-state index in [0.717, 1.165) is 11.1 Å². The minimum Gasteiger partial charge on any atom is -0.352 e. The van der Waals surface area contributed by atoms with E-state index in [4.69, 9.17) is 0 Å². The second kappa shape index (κ2) is 9.47. The van der Waals surface area contributed by atoms with Gasteiger partial charge in [0.2, 0.25) is 5.91 Å². The van der Waals surface area contributed by atoms with Gasteiger partial charge in [0.05, 0.1) is 12.1 Å². The number of hydrogen-bond donors (Lipinski definition) is 2. The molecule has 0 saturated heterocycles. The van der Waals surface area contributed by atoms with Crippen molar-refractivity contribution in [3.05, 3.63) is 86.4 Å². The van der Waals surface area contributed by atoms with E-state index in [1.165, 1.54) is 22.5 Å². The van der Waals surface area contributed by atoms with Crippen molar-refractivity contribution in [1.29, 1.82) is 0 Å². The topological polar surface area (TPSA) is 71.1 Å². The zero-order valence-corrected chi connectivity index (χ0v) is 17.7. The van der Waals surface area contributed by atoms with Crippen LogP contribution in [-0.4, -0.2) is 16.8 Å². The highest BCUT2D eigenvalue weighted by Gasteiger charge is 2.17. The summed E-state index contributed by atoms with van der Waals surface area (Å²) in [6, 6.07) is 15.9. The van der Waals surface area contributed by atoms with Gasteiger partial charge in [0, 0.05) is 13.1 Å². The predicted octanol–water partition coefficient (Wildman–Crippen LogP) is 3.86. The molecule has 0 unspecified atom stereocenters. The Labute approximate surface area is 175 Å². The smallest absolute Gasteiger partial charge is 0.263 e. The van der Waals surface area contributed by atoms with E-state index in [1.54, 1.807) is 6.92 Å². The van der Waals surface area contributed by atoms with Gasteiger partial charge in [-0.3, -0.25) is 9.59 Å². The molecule has 0 aliphatic carbocycles. The first-order valence-corrected chi connectivity index (χ1v) is 10.4. The number of nitrogens with one attached hydrogen (secondary N) is 2. The zero-order valence-electron chi connectivity index (χ0n) is 16.9. The maximum atomic E-state index is 12.5. The normalized spacial score (nSPS) is 10.6. The van der Waals surface area contributed by atoms with E-state index >= 15 is 0 Å². The molecule has 29 heavy (non-hydrogen) atoms. The molecule has 0 atom stereocenters. The molecule has 1 aromatic heterocycles. The van der Waals surface area contributed by atoms with Gasteiger partial charge in [0.15, 0.2) is 0 Å². The Hall–Kier alpha value is -2.99. The number of rotatable bonds is 7. The molecule has 6 heteroatoms. The van der Waals surface area contributed by atoms with Crippen LogP contribution in [0.5, 0.6) is 0 Å². The summed E-state index contributed by atoms with van der Waals surface area (Å²) >= 11 is 1.27. The summed E-state index contributed by atoms with van der Waals surface area (Å²) in [7, 11) is 0. The third kappa shape index (κ3) is 5.74. The molecule has 0 bridgehead atoms. The van der Waals surface area contributed by atoms with E-state index in [-0.39, 0.29) is 18.2 Å². The van der Waals surface area contributed by atoms with Crippen molar-refractivity contribution < 1.29 is 9.59 Å². The van der Waals surface area contributed by atoms with Crippen LogP contribution in [0.15, 0.2) is 48.5 Å². The second-order valence-corrected chi connectivity index (χ2v) is 8.15. The Morgan fingerprint density at radius 3 is 2.34 bits per heavy atom. The number of thiazole rings is 1. The molecular weight excluding hydrogens is 382 g/mol. The summed E-state index contributed by atoms with van der Waals surface area (Å²) in [5.41, 5.74) is 5.19. The van der Waals surface area contributed by atoms with Crippen LogP contribution in [0.4, 0.5) is 0 Å². The molecule has 1 heterocycles. The van der Waals surface area contributed by atoms with Crippen LogP contribution in [0, 0.1) is 20.8 Å². The summed E-state index contributed by atoms with van der Waals surface area (Å²) in [6.45, 7) is 6.86. The van der Waals surface area contributed by atoms with Gasteiger partial charge in [0.25, 0.3) is 5.91 Å². The lowest BCUT2D eigenvalue weighted by atomic mass is 10.1. The van der Waals surface area contributed by atoms with Gasteiger partial charge in [-0.05, 0) is 43.0 Å². The number of carbonyl (C=O) groups is 2. The summed E-state index contributed by atoms with van der Waals surface area (Å²) < 4.78 is 0. The van der Waals surface area contributed by atoms with Gasteiger partial charge in [0.1, 0.15) is 9.88 Å². The van der Waals surface area contributed by atoms with Gasteiger partial charge in [-0.15, -0.1) is 11.3 Å². The SMILES string of the molecule is Cc1ccc(CNC(=O)Cc2nc(C)c(C(=O)NCc3ccccc3)s2)cc1C. The number of hydrogen-bond acceptors (Lipinski definition) is 4. The lowest BCUT2D eigenvalue weighted by molar-refractivity contribution is -0.120. The Kier molecular flexibility index (Phi) is 6.77. The van der Waals surface area contributed by atoms with Crippen molar-refractivity contribution in [2.75, 3.05) is 0 Å². The minimum atomic E-state index is -0.161. The van der Waals surface area contributed by atoms with E-state index < -0.39 is 0 Å². The predicted molar refractivity (Wildman–Crippen MR) is 116 cm³/mol. The van der Waals surface area contributed by atoms with Crippen LogP contribution >= 0.6 is 11.3 Å². The maximum absolute atomic E-state index is 12.5. The summed E-state index contributed by atoms with van der Waals surface area (Å²) in [5.74, 6) is -0.265. The fourth-order valence-electron chi connectivity index (χ4n) is 2.91. The van der Waals surface area contributed by atoms with Gasteiger partial charge >= 0.3 is 0 Å². The third-order valence-corrected chi connectivity index (χ3v) is 5.87. The average Bonchev–Trinajstić information content (AvgIpc) is 3.08. The maximum Gasteiger partial charge on any atom is 0.263 e. The monoisotopic (exact) mass is 407 g/mol. The highest BCUT2D eigenvalue weighted by molar-refractivity contribution is 7.13. The van der Waals surface area contributed by atoms with Crippen molar-refractivity contribution in [3.8, 4) is 0 Å². The van der Waals surface area contributed by atoms with Crippen LogP contribution in [-0.2, 0) is 24.3 Å². The molecule has 3 aromatic rings. The average molecular weight is 408 g/mol. The molecule has 0 aliphatic heterocycles. The first-order chi connectivity index (χ1) is 13.9. The number of amides is 2. The van der Waals surface area contributed by atoms with E-state index in [1.807, 2.05) is 36.4 Å². The molecule has 0 aliphatic rings. The summed E-state index contributed by atoms with van der Waals surface area (Å²) in [6.07, 6.45) is 0.169. The van der Waals surface area contributed by atoms with Crippen molar-refractivity contribution in [1.82, 2.24) is 15.6 Å². The Bertz CT molecular complexity index is 1010. The number of aryl methyl sites for hydroxylation is 3. The van der Waals surface area contributed by atoms with Crippen molar-refractivity contribution >= 4 is 23.2 Å². The number of benzene rings is 2. The molecule has 2 aromatic carbocycles. The lowest BCUT2D eigenvalue weighted by Gasteiger charge is -2.07. The number of carbonyl (C=O) groups excluding carboxylic acids is 2. The molecule has 150 valence electrons. The number of nitrogens with zero attached hydrogens (tertiary/aromatic N) is 1. The minimum absolute atomic E-state index is 0.103. The van der Waals surface area contributed by atoms with Gasteiger partial charge in [-0.1, -0.05) is 48.5 Å². The molecule has 2 N–H and O–H groups in total. The Morgan fingerprint density at radius 1 is 0.897 bits per heavy atom. The van der Waals surface area contributed by atoms with Crippen LogP contribution in [0.2, 0.25) is 0 Å². The van der Waals surface area contributed by atoms with E-state index in [0.29, 0.717) is 28.7 Å². The first-order valence-electron chi connectivity index (χ1n) is 9.53. The standard InChI is InChI=1S/C23H25N3O2S/c1-15-9-10-19(11-16(15)2)14-24-20(27)12-21-26-17(3)22(29-21)23(28)25-13-18-7-5-4-6-8-18/h4-11H,12-14H2,1-3H3,(H,24,27)(H,25,28). The quantitative estimate of drug-likeness (QED) is 0.625. The van der Waals surface area contributed by atoms with Crippen LogP contribution in [0.1, 0.15) is 42.6 Å². The zero-order chi connectivity index (χ0) is 20.8. The molecule has 0 spiro atoms. The van der Waals surface area contributed by atoms with Crippen LogP contribution < -0.4 is 10.6 Å². The van der Waals surface area contributed by atoms with Gasteiger partial charge < -0.3 is 10.6 Å². The molecule has 0 fully saturated rings. The second-order valence-electron chi connectivity index (χ2n) is 7.06. The number of aromatic nitrogens is 1.